The Labute approximate surface area is 194 Å². The van der Waals surface area contributed by atoms with Crippen molar-refractivity contribution in [3.05, 3.63) is 88.7 Å². The number of methoxy groups -OCH3 is 1. The van der Waals surface area contributed by atoms with Gasteiger partial charge in [0.2, 0.25) is 0 Å². The molecule has 1 aromatic heterocycles. The average molecular weight is 443 g/mol. The van der Waals surface area contributed by atoms with Crippen molar-refractivity contribution in [2.75, 3.05) is 25.5 Å². The van der Waals surface area contributed by atoms with E-state index in [1.165, 1.54) is 22.3 Å². The van der Waals surface area contributed by atoms with E-state index in [9.17, 15) is 5.21 Å². The molecule has 0 amide bonds. The predicted molar refractivity (Wildman–Crippen MR) is 130 cm³/mol. The van der Waals surface area contributed by atoms with E-state index in [2.05, 4.69) is 69.7 Å². The zero-order valence-corrected chi connectivity index (χ0v) is 19.2. The van der Waals surface area contributed by atoms with Crippen LogP contribution in [0.3, 0.4) is 0 Å². The lowest BCUT2D eigenvalue weighted by atomic mass is 9.80. The van der Waals surface area contributed by atoms with Crippen LogP contribution in [-0.2, 0) is 13.0 Å². The van der Waals surface area contributed by atoms with Gasteiger partial charge in [0.25, 0.3) is 0 Å². The maximum absolute atomic E-state index is 9.86. The second kappa shape index (κ2) is 9.24. The van der Waals surface area contributed by atoms with Crippen molar-refractivity contribution in [1.82, 2.24) is 9.88 Å². The van der Waals surface area contributed by atoms with Gasteiger partial charge in [-0.15, -0.1) is 0 Å². The predicted octanol–water partition coefficient (Wildman–Crippen LogP) is 4.93. The van der Waals surface area contributed by atoms with Crippen LogP contribution in [0.25, 0.3) is 0 Å². The first-order valence-corrected chi connectivity index (χ1v) is 11.5. The van der Waals surface area contributed by atoms with Crippen LogP contribution in [0, 0.1) is 6.92 Å². The number of fused-ring (bicyclic) bond motifs is 3. The minimum absolute atomic E-state index is 0.0152. The maximum Gasteiger partial charge on any atom is 0.142 e. The summed E-state index contributed by atoms with van der Waals surface area (Å²) in [6, 6.07) is 19.1. The Morgan fingerprint density at radius 3 is 2.79 bits per heavy atom. The highest BCUT2D eigenvalue weighted by molar-refractivity contribution is 5.92. The van der Waals surface area contributed by atoms with Crippen LogP contribution >= 0.6 is 0 Å². The second-order valence-corrected chi connectivity index (χ2v) is 8.96. The zero-order chi connectivity index (χ0) is 22.8. The van der Waals surface area contributed by atoms with Gasteiger partial charge in [0.15, 0.2) is 0 Å². The van der Waals surface area contributed by atoms with Crippen LogP contribution in [-0.4, -0.2) is 41.0 Å². The number of piperidine rings is 1. The Morgan fingerprint density at radius 2 is 2.03 bits per heavy atom. The van der Waals surface area contributed by atoms with Crippen molar-refractivity contribution in [2.24, 2.45) is 5.16 Å². The Kier molecular flexibility index (Phi) is 6.01. The summed E-state index contributed by atoms with van der Waals surface area (Å²) >= 11 is 0. The molecular weight excluding hydrogens is 412 g/mol. The van der Waals surface area contributed by atoms with E-state index in [0.717, 1.165) is 48.9 Å². The minimum Gasteiger partial charge on any atom is -0.495 e. The maximum atomic E-state index is 9.86. The van der Waals surface area contributed by atoms with Crippen molar-refractivity contribution in [3.8, 4) is 5.75 Å². The van der Waals surface area contributed by atoms with Gasteiger partial charge in [0.1, 0.15) is 5.75 Å². The van der Waals surface area contributed by atoms with Gasteiger partial charge < -0.3 is 15.3 Å². The van der Waals surface area contributed by atoms with Gasteiger partial charge in [-0.3, -0.25) is 9.88 Å². The molecule has 0 saturated carbocycles. The number of benzene rings is 2. The molecule has 2 atom stereocenters. The largest absolute Gasteiger partial charge is 0.495 e. The second-order valence-electron chi connectivity index (χ2n) is 8.96. The monoisotopic (exact) mass is 442 g/mol. The average Bonchev–Trinajstić information content (AvgIpc) is 2.86. The molecule has 2 aliphatic heterocycles. The molecule has 6 nitrogen and oxygen atoms in total. The summed E-state index contributed by atoms with van der Waals surface area (Å²) < 4.78 is 5.77. The Morgan fingerprint density at radius 1 is 1.18 bits per heavy atom. The van der Waals surface area contributed by atoms with Gasteiger partial charge in [-0.25, -0.2) is 0 Å². The fourth-order valence-electron chi connectivity index (χ4n) is 5.15. The Hall–Kier alpha value is -3.38. The number of aromatic nitrogens is 1. The normalized spacial score (nSPS) is 21.3. The third kappa shape index (κ3) is 4.31. The number of rotatable bonds is 5. The number of hydrogen-bond donors (Lipinski definition) is 2. The summed E-state index contributed by atoms with van der Waals surface area (Å²) in [6.07, 6.45) is 3.51. The van der Waals surface area contributed by atoms with E-state index in [0.29, 0.717) is 6.42 Å². The molecule has 170 valence electrons. The smallest absolute Gasteiger partial charge is 0.142 e. The van der Waals surface area contributed by atoms with Gasteiger partial charge in [-0.05, 0) is 59.9 Å². The number of nitrogens with zero attached hydrogens (tertiary/aromatic N) is 3. The molecule has 5 rings (SSSR count). The molecule has 0 radical (unpaired) electrons. The van der Waals surface area contributed by atoms with E-state index < -0.39 is 0 Å². The van der Waals surface area contributed by atoms with Gasteiger partial charge in [0, 0.05) is 38.3 Å². The molecule has 2 aliphatic rings. The summed E-state index contributed by atoms with van der Waals surface area (Å²) in [5.41, 5.74) is 7.79. The first-order chi connectivity index (χ1) is 16.2. The fraction of sp³-hybridized carbons (Fsp3) is 0.333. The number of hydrogen-bond acceptors (Lipinski definition) is 6. The lowest BCUT2D eigenvalue weighted by Crippen LogP contribution is -2.45. The molecule has 3 heterocycles. The third-order valence-electron chi connectivity index (χ3n) is 6.90. The highest BCUT2D eigenvalue weighted by atomic mass is 16.5. The molecule has 6 heteroatoms. The van der Waals surface area contributed by atoms with Crippen molar-refractivity contribution in [1.29, 1.82) is 0 Å². The summed E-state index contributed by atoms with van der Waals surface area (Å²) in [6.45, 7) is 4.59. The number of ether oxygens (including phenoxy) is 1. The van der Waals surface area contributed by atoms with Gasteiger partial charge in [-0.1, -0.05) is 35.5 Å². The number of nitrogens with one attached hydrogen (secondary N) is 1. The summed E-state index contributed by atoms with van der Waals surface area (Å²) in [7, 11) is 1.72. The molecule has 33 heavy (non-hydrogen) atoms. The lowest BCUT2D eigenvalue weighted by molar-refractivity contribution is 0.165. The molecule has 2 aromatic carbocycles. The van der Waals surface area contributed by atoms with Crippen LogP contribution in [0.4, 0.5) is 5.69 Å². The first-order valence-electron chi connectivity index (χ1n) is 11.5. The minimum atomic E-state index is 0.0152. The molecule has 1 saturated heterocycles. The van der Waals surface area contributed by atoms with Crippen LogP contribution < -0.4 is 10.1 Å². The molecule has 2 unspecified atom stereocenters. The quantitative estimate of drug-likeness (QED) is 0.433. The van der Waals surface area contributed by atoms with Crippen molar-refractivity contribution < 1.29 is 9.94 Å². The van der Waals surface area contributed by atoms with Gasteiger partial charge in [0.05, 0.1) is 30.1 Å². The van der Waals surface area contributed by atoms with E-state index in [1.807, 2.05) is 18.3 Å². The number of pyridine rings is 1. The van der Waals surface area contributed by atoms with E-state index in [1.54, 1.807) is 7.11 Å². The zero-order valence-electron chi connectivity index (χ0n) is 19.2. The molecule has 0 aliphatic carbocycles. The number of anilines is 1. The highest BCUT2D eigenvalue weighted by Gasteiger charge is 2.38. The van der Waals surface area contributed by atoms with Gasteiger partial charge in [-0.2, -0.15) is 0 Å². The van der Waals surface area contributed by atoms with Crippen LogP contribution in [0.2, 0.25) is 0 Å². The topological polar surface area (TPSA) is 70.0 Å². The molecule has 0 bridgehead atoms. The van der Waals surface area contributed by atoms with Gasteiger partial charge >= 0.3 is 0 Å². The summed E-state index contributed by atoms with van der Waals surface area (Å²) in [4.78, 5) is 7.08. The molecule has 0 spiro atoms. The molecule has 2 N–H and O–H groups in total. The molecular formula is C27H30N4O2. The molecule has 3 aromatic rings. The SMILES string of the molecule is COc1cc2c(cc1NCc1ccccc1)CCN1CC(c3cc(C)ccn3)/C(=N\O)CC21. The van der Waals surface area contributed by atoms with E-state index in [4.69, 9.17) is 4.74 Å². The standard InChI is InChI=1S/C27H30N4O2/c1-18-8-10-28-23(12-18)22-17-31-11-9-20-13-25(29-16-19-6-4-3-5-7-19)27(33-2)14-21(20)26(31)15-24(22)30-32/h3-8,10,12-14,22,26,29,32H,9,11,15-17H2,1-2H3/b30-24-. The first kappa shape index (κ1) is 21.5. The third-order valence-corrected chi connectivity index (χ3v) is 6.90. The van der Waals surface area contributed by atoms with E-state index >= 15 is 0 Å². The number of aryl methyl sites for hydroxylation is 1. The number of oxime groups is 1. The fourth-order valence-corrected chi connectivity index (χ4v) is 5.15. The van der Waals surface area contributed by atoms with Crippen molar-refractivity contribution in [3.63, 3.8) is 0 Å². The molecule has 1 fully saturated rings. The summed E-state index contributed by atoms with van der Waals surface area (Å²) in [5.74, 6) is 0.859. The van der Waals surface area contributed by atoms with Crippen molar-refractivity contribution >= 4 is 11.4 Å². The van der Waals surface area contributed by atoms with Crippen LogP contribution in [0.15, 0.2) is 65.9 Å². The lowest BCUT2D eigenvalue weighted by Gasteiger charge is -2.44. The highest BCUT2D eigenvalue weighted by Crippen LogP contribution is 2.43. The van der Waals surface area contributed by atoms with E-state index in [-0.39, 0.29) is 12.0 Å². The Balaban J connectivity index is 1.41. The van der Waals surface area contributed by atoms with Crippen molar-refractivity contribution in [2.45, 2.75) is 38.3 Å². The summed E-state index contributed by atoms with van der Waals surface area (Å²) in [5, 5.41) is 17.1. The van der Waals surface area contributed by atoms with Crippen LogP contribution in [0.5, 0.6) is 5.75 Å². The Bertz CT molecular complexity index is 1160. The van der Waals surface area contributed by atoms with Crippen LogP contribution in [0.1, 0.15) is 46.3 Å².